The lowest BCUT2D eigenvalue weighted by atomic mass is 10.1. The lowest BCUT2D eigenvalue weighted by molar-refractivity contribution is -0.139. The van der Waals surface area contributed by atoms with Crippen molar-refractivity contribution in [2.24, 2.45) is 0 Å². The number of nitrogens with one attached hydrogen (secondary N) is 1. The molecule has 1 atom stereocenters. The first-order valence-electron chi connectivity index (χ1n) is 4.80. The lowest BCUT2D eigenvalue weighted by Gasteiger charge is -2.16. The number of rotatable bonds is 4. The van der Waals surface area contributed by atoms with Crippen LogP contribution >= 0.6 is 0 Å². The predicted molar refractivity (Wildman–Crippen MR) is 58.9 cm³/mol. The Balaban J connectivity index is 3.05. The molecule has 0 aromatic heterocycles. The Hall–Kier alpha value is -2.24. The number of aliphatic carboxylic acids is 1. The van der Waals surface area contributed by atoms with Gasteiger partial charge in [0.15, 0.2) is 6.04 Å². The van der Waals surface area contributed by atoms with Gasteiger partial charge < -0.3 is 19.9 Å². The fraction of sp³-hybridized carbons (Fsp3) is 0.273. The van der Waals surface area contributed by atoms with Crippen LogP contribution < -0.4 is 10.1 Å². The molecule has 0 bridgehead atoms. The molecule has 17 heavy (non-hydrogen) atoms. The van der Waals surface area contributed by atoms with Gasteiger partial charge in [-0.3, -0.25) is 0 Å². The van der Waals surface area contributed by atoms with Crippen LogP contribution in [0.5, 0.6) is 5.75 Å². The van der Waals surface area contributed by atoms with Gasteiger partial charge in [0.05, 0.1) is 14.2 Å². The van der Waals surface area contributed by atoms with Gasteiger partial charge in [-0.1, -0.05) is 18.2 Å². The minimum absolute atomic E-state index is 0.355. The molecule has 0 saturated carbocycles. The van der Waals surface area contributed by atoms with E-state index in [1.807, 2.05) is 0 Å². The fourth-order valence-corrected chi connectivity index (χ4v) is 1.35. The second-order valence-corrected chi connectivity index (χ2v) is 3.15. The zero-order chi connectivity index (χ0) is 12.8. The van der Waals surface area contributed by atoms with E-state index < -0.39 is 18.1 Å². The summed E-state index contributed by atoms with van der Waals surface area (Å²) in [5.41, 5.74) is 0.355. The molecule has 1 amide bonds. The van der Waals surface area contributed by atoms with Gasteiger partial charge >= 0.3 is 12.1 Å². The number of hydrogen-bond donors (Lipinski definition) is 2. The molecule has 0 spiro atoms. The third-order valence-corrected chi connectivity index (χ3v) is 2.14. The Kier molecular flexibility index (Phi) is 4.33. The van der Waals surface area contributed by atoms with Crippen molar-refractivity contribution in [3.63, 3.8) is 0 Å². The first-order chi connectivity index (χ1) is 8.10. The largest absolute Gasteiger partial charge is 0.496 e. The molecule has 0 fully saturated rings. The number of carbonyl (C=O) groups excluding carboxylic acids is 1. The van der Waals surface area contributed by atoms with E-state index in [4.69, 9.17) is 9.84 Å². The Bertz CT molecular complexity index is 418. The van der Waals surface area contributed by atoms with E-state index in [9.17, 15) is 9.59 Å². The van der Waals surface area contributed by atoms with Crippen molar-refractivity contribution in [3.8, 4) is 5.75 Å². The van der Waals surface area contributed by atoms with E-state index in [0.717, 1.165) is 7.11 Å². The lowest BCUT2D eigenvalue weighted by Crippen LogP contribution is -2.33. The van der Waals surface area contributed by atoms with E-state index in [1.54, 1.807) is 24.3 Å². The van der Waals surface area contributed by atoms with Crippen molar-refractivity contribution >= 4 is 12.1 Å². The maximum atomic E-state index is 11.1. The second-order valence-electron chi connectivity index (χ2n) is 3.15. The summed E-state index contributed by atoms with van der Waals surface area (Å²) in [5.74, 6) is -0.809. The standard InChI is InChI=1S/C11H13NO5/c1-16-8-6-4-3-5-7(8)9(10(13)14)12-11(15)17-2/h3-6,9H,1-2H3,(H,12,15)(H,13,14). The Morgan fingerprint density at radius 2 is 1.94 bits per heavy atom. The van der Waals surface area contributed by atoms with Crippen molar-refractivity contribution in [2.75, 3.05) is 14.2 Å². The first kappa shape index (κ1) is 12.8. The van der Waals surface area contributed by atoms with Gasteiger partial charge in [0.1, 0.15) is 5.75 Å². The van der Waals surface area contributed by atoms with Crippen LogP contribution in [0.25, 0.3) is 0 Å². The molecule has 0 aliphatic heterocycles. The fourth-order valence-electron chi connectivity index (χ4n) is 1.35. The number of ether oxygens (including phenoxy) is 2. The molecular formula is C11H13NO5. The molecule has 0 heterocycles. The minimum atomic E-state index is -1.21. The van der Waals surface area contributed by atoms with Crippen LogP contribution in [-0.4, -0.2) is 31.4 Å². The zero-order valence-electron chi connectivity index (χ0n) is 9.47. The van der Waals surface area contributed by atoms with E-state index in [-0.39, 0.29) is 0 Å². The third-order valence-electron chi connectivity index (χ3n) is 2.14. The maximum absolute atomic E-state index is 11.1. The van der Waals surface area contributed by atoms with Crippen molar-refractivity contribution in [3.05, 3.63) is 29.8 Å². The number of carbonyl (C=O) groups is 2. The van der Waals surface area contributed by atoms with Gasteiger partial charge in [0.25, 0.3) is 0 Å². The van der Waals surface area contributed by atoms with Crippen molar-refractivity contribution in [2.45, 2.75) is 6.04 Å². The molecule has 0 saturated heterocycles. The summed E-state index contributed by atoms with van der Waals surface area (Å²) in [6, 6.07) is 5.34. The topological polar surface area (TPSA) is 84.9 Å². The molecule has 1 unspecified atom stereocenters. The number of amides is 1. The monoisotopic (exact) mass is 239 g/mol. The molecule has 6 nitrogen and oxygen atoms in total. The Morgan fingerprint density at radius 3 is 2.47 bits per heavy atom. The molecule has 0 radical (unpaired) electrons. The maximum Gasteiger partial charge on any atom is 0.407 e. The van der Waals surface area contributed by atoms with E-state index in [1.165, 1.54) is 7.11 Å². The molecule has 6 heteroatoms. The van der Waals surface area contributed by atoms with Crippen LogP contribution in [0.15, 0.2) is 24.3 Å². The molecular weight excluding hydrogens is 226 g/mol. The van der Waals surface area contributed by atoms with Gasteiger partial charge in [-0.05, 0) is 6.07 Å². The number of hydrogen-bond acceptors (Lipinski definition) is 4. The summed E-state index contributed by atoms with van der Waals surface area (Å²) in [5, 5.41) is 11.3. The van der Waals surface area contributed by atoms with Gasteiger partial charge in [0.2, 0.25) is 0 Å². The molecule has 0 aliphatic carbocycles. The third kappa shape index (κ3) is 3.10. The van der Waals surface area contributed by atoms with Crippen LogP contribution in [0.2, 0.25) is 0 Å². The zero-order valence-corrected chi connectivity index (χ0v) is 9.47. The number of methoxy groups -OCH3 is 2. The first-order valence-corrected chi connectivity index (χ1v) is 4.80. The minimum Gasteiger partial charge on any atom is -0.496 e. The summed E-state index contributed by atoms with van der Waals surface area (Å²) in [6.07, 6.45) is -0.816. The van der Waals surface area contributed by atoms with Gasteiger partial charge in [-0.25, -0.2) is 9.59 Å². The van der Waals surface area contributed by atoms with Gasteiger partial charge in [0, 0.05) is 5.56 Å². The van der Waals surface area contributed by atoms with E-state index in [2.05, 4.69) is 10.1 Å². The number of benzene rings is 1. The van der Waals surface area contributed by atoms with Crippen molar-refractivity contribution in [1.82, 2.24) is 5.32 Å². The number of carboxylic acid groups (broad SMARTS) is 1. The molecule has 0 aliphatic rings. The van der Waals surface area contributed by atoms with E-state index in [0.29, 0.717) is 11.3 Å². The highest BCUT2D eigenvalue weighted by molar-refractivity contribution is 5.82. The summed E-state index contributed by atoms with van der Waals surface area (Å²) < 4.78 is 9.41. The number of alkyl carbamates (subject to hydrolysis) is 1. The summed E-state index contributed by atoms with van der Waals surface area (Å²) in [4.78, 5) is 22.2. The highest BCUT2D eigenvalue weighted by atomic mass is 16.5. The Morgan fingerprint density at radius 1 is 1.29 bits per heavy atom. The van der Waals surface area contributed by atoms with Gasteiger partial charge in [-0.15, -0.1) is 0 Å². The Labute approximate surface area is 98.2 Å². The van der Waals surface area contributed by atoms with Crippen LogP contribution in [0.3, 0.4) is 0 Å². The summed E-state index contributed by atoms with van der Waals surface area (Å²) in [6.45, 7) is 0. The van der Waals surface area contributed by atoms with Crippen LogP contribution in [0, 0.1) is 0 Å². The smallest absolute Gasteiger partial charge is 0.407 e. The molecule has 1 aromatic carbocycles. The van der Waals surface area contributed by atoms with Crippen LogP contribution in [-0.2, 0) is 9.53 Å². The van der Waals surface area contributed by atoms with Crippen LogP contribution in [0.1, 0.15) is 11.6 Å². The van der Waals surface area contributed by atoms with Crippen molar-refractivity contribution in [1.29, 1.82) is 0 Å². The van der Waals surface area contributed by atoms with E-state index >= 15 is 0 Å². The second kappa shape index (κ2) is 5.74. The van der Waals surface area contributed by atoms with Crippen LogP contribution in [0.4, 0.5) is 4.79 Å². The quantitative estimate of drug-likeness (QED) is 0.824. The molecule has 92 valence electrons. The predicted octanol–water partition coefficient (Wildman–Crippen LogP) is 1.18. The molecule has 1 rings (SSSR count). The normalized spacial score (nSPS) is 11.4. The summed E-state index contributed by atoms with van der Waals surface area (Å²) >= 11 is 0. The molecule has 2 N–H and O–H groups in total. The highest BCUT2D eigenvalue weighted by Crippen LogP contribution is 2.24. The SMILES string of the molecule is COC(=O)NC(C(=O)O)c1ccccc1OC. The highest BCUT2D eigenvalue weighted by Gasteiger charge is 2.25. The average molecular weight is 239 g/mol. The van der Waals surface area contributed by atoms with Gasteiger partial charge in [-0.2, -0.15) is 0 Å². The summed E-state index contributed by atoms with van der Waals surface area (Å²) in [7, 11) is 2.59. The average Bonchev–Trinajstić information content (AvgIpc) is 2.35. The molecule has 1 aromatic rings. The van der Waals surface area contributed by atoms with Crippen molar-refractivity contribution < 1.29 is 24.2 Å². The number of carboxylic acids is 1. The number of para-hydroxylation sites is 1.